The predicted octanol–water partition coefficient (Wildman–Crippen LogP) is -0.206. The fraction of sp³-hybridized carbons (Fsp3) is 0.556. The van der Waals surface area contributed by atoms with Gasteiger partial charge in [0.25, 0.3) is 0 Å². The number of carbonyl (C=O) groups excluding carboxylic acids is 2. The number of nitrogens with zero attached hydrogens (tertiary/aromatic N) is 1. The van der Waals surface area contributed by atoms with Gasteiger partial charge in [-0.2, -0.15) is 4.31 Å². The Hall–Kier alpha value is -2.04. The summed E-state index contributed by atoms with van der Waals surface area (Å²) in [6.45, 7) is 0.793. The van der Waals surface area contributed by atoms with Crippen molar-refractivity contribution in [2.45, 2.75) is 30.8 Å². The third kappa shape index (κ3) is 4.86. The predicted molar refractivity (Wildman–Crippen MR) is 99.4 cm³/mol. The second-order valence-corrected chi connectivity index (χ2v) is 9.31. The molecule has 154 valence electrons. The van der Waals surface area contributed by atoms with Gasteiger partial charge in [-0.25, -0.2) is 12.8 Å². The van der Waals surface area contributed by atoms with E-state index in [1.54, 1.807) is 6.07 Å². The first-order valence-corrected chi connectivity index (χ1v) is 10.9. The molecule has 2 aliphatic heterocycles. The van der Waals surface area contributed by atoms with Crippen LogP contribution in [0.5, 0.6) is 0 Å². The SMILES string of the molecule is CS(=O)(=O)N1CC(NC(=O)Cc2ccccc2F)C(=O)NC2(CCOCC2)C1. The van der Waals surface area contributed by atoms with Crippen molar-refractivity contribution in [3.05, 3.63) is 35.6 Å². The lowest BCUT2D eigenvalue weighted by Gasteiger charge is -2.38. The van der Waals surface area contributed by atoms with Gasteiger partial charge in [0.15, 0.2) is 0 Å². The Morgan fingerprint density at radius 3 is 2.68 bits per heavy atom. The van der Waals surface area contributed by atoms with Gasteiger partial charge in [-0.15, -0.1) is 0 Å². The van der Waals surface area contributed by atoms with E-state index >= 15 is 0 Å². The Bertz CT molecular complexity index is 855. The zero-order valence-electron chi connectivity index (χ0n) is 15.6. The van der Waals surface area contributed by atoms with E-state index in [1.165, 1.54) is 22.5 Å². The van der Waals surface area contributed by atoms with Crippen molar-refractivity contribution >= 4 is 21.8 Å². The van der Waals surface area contributed by atoms with E-state index in [0.29, 0.717) is 26.1 Å². The first-order chi connectivity index (χ1) is 13.2. The molecule has 2 N–H and O–H groups in total. The van der Waals surface area contributed by atoms with Crippen LogP contribution in [0.2, 0.25) is 0 Å². The smallest absolute Gasteiger partial charge is 0.244 e. The molecule has 1 aromatic carbocycles. The van der Waals surface area contributed by atoms with Crippen molar-refractivity contribution in [1.29, 1.82) is 0 Å². The van der Waals surface area contributed by atoms with Crippen LogP contribution >= 0.6 is 0 Å². The van der Waals surface area contributed by atoms with E-state index in [4.69, 9.17) is 4.74 Å². The van der Waals surface area contributed by atoms with Crippen molar-refractivity contribution in [3.63, 3.8) is 0 Å². The first-order valence-electron chi connectivity index (χ1n) is 9.06. The average Bonchev–Trinajstić information content (AvgIpc) is 2.74. The number of sulfonamides is 1. The van der Waals surface area contributed by atoms with Gasteiger partial charge in [0.1, 0.15) is 11.9 Å². The van der Waals surface area contributed by atoms with Crippen LogP contribution < -0.4 is 10.6 Å². The van der Waals surface area contributed by atoms with Crippen molar-refractivity contribution in [2.75, 3.05) is 32.6 Å². The van der Waals surface area contributed by atoms with Crippen LogP contribution in [0.15, 0.2) is 24.3 Å². The summed E-state index contributed by atoms with van der Waals surface area (Å²) in [5.41, 5.74) is -0.515. The average molecular weight is 413 g/mol. The maximum absolute atomic E-state index is 13.8. The van der Waals surface area contributed by atoms with Crippen molar-refractivity contribution < 1.29 is 27.1 Å². The highest BCUT2D eigenvalue weighted by Crippen LogP contribution is 2.25. The summed E-state index contributed by atoms with van der Waals surface area (Å²) in [7, 11) is -3.59. The number of amides is 2. The quantitative estimate of drug-likeness (QED) is 0.711. The Morgan fingerprint density at radius 2 is 2.04 bits per heavy atom. The lowest BCUT2D eigenvalue weighted by Crippen LogP contribution is -2.58. The molecule has 0 aromatic heterocycles. The molecule has 2 saturated heterocycles. The number of benzene rings is 1. The van der Waals surface area contributed by atoms with Gasteiger partial charge >= 0.3 is 0 Å². The highest BCUT2D eigenvalue weighted by atomic mass is 32.2. The number of hydrogen-bond donors (Lipinski definition) is 2. The maximum atomic E-state index is 13.8. The Balaban J connectivity index is 1.77. The number of hydrogen-bond acceptors (Lipinski definition) is 5. The van der Waals surface area contributed by atoms with Gasteiger partial charge in [-0.1, -0.05) is 18.2 Å². The molecule has 2 amide bonds. The zero-order valence-corrected chi connectivity index (χ0v) is 16.4. The lowest BCUT2D eigenvalue weighted by molar-refractivity contribution is -0.129. The molecule has 1 atom stereocenters. The highest BCUT2D eigenvalue weighted by molar-refractivity contribution is 7.88. The van der Waals surface area contributed by atoms with Crippen LogP contribution in [0.25, 0.3) is 0 Å². The minimum atomic E-state index is -3.59. The van der Waals surface area contributed by atoms with E-state index in [9.17, 15) is 22.4 Å². The molecule has 3 rings (SSSR count). The van der Waals surface area contributed by atoms with Crippen LogP contribution in [0, 0.1) is 5.82 Å². The monoisotopic (exact) mass is 413 g/mol. The minimum Gasteiger partial charge on any atom is -0.381 e. The Kier molecular flexibility index (Phi) is 6.01. The normalized spacial score (nSPS) is 23.1. The minimum absolute atomic E-state index is 0.126. The van der Waals surface area contributed by atoms with Gasteiger partial charge in [-0.3, -0.25) is 9.59 Å². The van der Waals surface area contributed by atoms with Gasteiger partial charge in [0, 0.05) is 26.3 Å². The van der Waals surface area contributed by atoms with Crippen molar-refractivity contribution in [3.8, 4) is 0 Å². The molecule has 1 spiro atoms. The second kappa shape index (κ2) is 8.14. The van der Waals surface area contributed by atoms with E-state index in [0.717, 1.165) is 6.26 Å². The van der Waals surface area contributed by atoms with E-state index in [2.05, 4.69) is 10.6 Å². The summed E-state index contributed by atoms with van der Waals surface area (Å²) in [4.78, 5) is 25.1. The third-order valence-corrected chi connectivity index (χ3v) is 6.35. The number of carbonyl (C=O) groups is 2. The molecule has 0 bridgehead atoms. The molecule has 1 unspecified atom stereocenters. The van der Waals surface area contributed by atoms with Crippen LogP contribution in [-0.4, -0.2) is 68.7 Å². The molecular formula is C18H24FN3O5S. The summed E-state index contributed by atoms with van der Waals surface area (Å²) in [5, 5.41) is 5.47. The fourth-order valence-electron chi connectivity index (χ4n) is 3.55. The second-order valence-electron chi connectivity index (χ2n) is 7.33. The third-order valence-electron chi connectivity index (χ3n) is 5.13. The van der Waals surface area contributed by atoms with Crippen LogP contribution in [0.1, 0.15) is 18.4 Å². The molecular weight excluding hydrogens is 389 g/mol. The molecule has 1 aromatic rings. The van der Waals surface area contributed by atoms with E-state index < -0.39 is 39.2 Å². The highest BCUT2D eigenvalue weighted by Gasteiger charge is 2.43. The molecule has 0 saturated carbocycles. The molecule has 2 aliphatic rings. The fourth-order valence-corrected chi connectivity index (χ4v) is 4.45. The van der Waals surface area contributed by atoms with Gasteiger partial charge < -0.3 is 15.4 Å². The Labute approximate surface area is 163 Å². The van der Waals surface area contributed by atoms with E-state index in [-0.39, 0.29) is 25.1 Å². The number of rotatable bonds is 4. The molecule has 28 heavy (non-hydrogen) atoms. The van der Waals surface area contributed by atoms with Crippen LogP contribution in [0.4, 0.5) is 4.39 Å². The number of nitrogens with one attached hydrogen (secondary N) is 2. The Morgan fingerprint density at radius 1 is 1.36 bits per heavy atom. The van der Waals surface area contributed by atoms with Crippen molar-refractivity contribution in [1.82, 2.24) is 14.9 Å². The molecule has 2 heterocycles. The number of ether oxygens (including phenoxy) is 1. The molecule has 0 aliphatic carbocycles. The molecule has 10 heteroatoms. The van der Waals surface area contributed by atoms with Gasteiger partial charge in [0.2, 0.25) is 21.8 Å². The molecule has 8 nitrogen and oxygen atoms in total. The summed E-state index contributed by atoms with van der Waals surface area (Å²) in [6.07, 6.45) is 1.81. The largest absolute Gasteiger partial charge is 0.381 e. The number of halogens is 1. The van der Waals surface area contributed by atoms with Gasteiger partial charge in [0.05, 0.1) is 18.2 Å². The van der Waals surface area contributed by atoms with E-state index in [1.807, 2.05) is 0 Å². The standard InChI is InChI=1S/C18H24FN3O5S/c1-28(25,26)22-11-15(17(24)21-18(12-22)6-8-27-9-7-18)20-16(23)10-13-4-2-3-5-14(13)19/h2-5,15H,6-12H2,1H3,(H,20,23)(H,21,24). The summed E-state index contributed by atoms with van der Waals surface area (Å²) < 4.78 is 44.8. The maximum Gasteiger partial charge on any atom is 0.244 e. The summed E-state index contributed by atoms with van der Waals surface area (Å²) >= 11 is 0. The zero-order chi connectivity index (χ0) is 20.4. The summed E-state index contributed by atoms with van der Waals surface area (Å²) in [6, 6.07) is 4.82. The van der Waals surface area contributed by atoms with Crippen LogP contribution in [-0.2, 0) is 30.8 Å². The molecule has 2 fully saturated rings. The summed E-state index contributed by atoms with van der Waals surface area (Å²) in [5.74, 6) is -1.52. The lowest BCUT2D eigenvalue weighted by atomic mass is 9.90. The van der Waals surface area contributed by atoms with Gasteiger partial charge in [-0.05, 0) is 24.5 Å². The molecule has 0 radical (unpaired) electrons. The first kappa shape index (κ1) is 20.7. The topological polar surface area (TPSA) is 105 Å². The van der Waals surface area contributed by atoms with Crippen molar-refractivity contribution in [2.24, 2.45) is 0 Å². The van der Waals surface area contributed by atoms with Crippen LogP contribution in [0.3, 0.4) is 0 Å².